The molecular weight excluding hydrogens is 376 g/mol. The van der Waals surface area contributed by atoms with E-state index in [1.807, 2.05) is 43.3 Å². The van der Waals surface area contributed by atoms with E-state index in [9.17, 15) is 9.59 Å². The van der Waals surface area contributed by atoms with E-state index in [0.29, 0.717) is 24.4 Å². The van der Waals surface area contributed by atoms with Crippen LogP contribution < -0.4 is 5.32 Å². The van der Waals surface area contributed by atoms with Crippen LogP contribution in [0.15, 0.2) is 40.9 Å². The molecule has 1 aromatic heterocycles. The molecule has 0 aliphatic carbocycles. The number of thiophene rings is 1. The van der Waals surface area contributed by atoms with Crippen LogP contribution in [-0.4, -0.2) is 35.8 Å². The summed E-state index contributed by atoms with van der Waals surface area (Å²) in [5.41, 5.74) is 1.08. The summed E-state index contributed by atoms with van der Waals surface area (Å²) in [5.74, 6) is -0.114. The third kappa shape index (κ3) is 3.33. The lowest BCUT2D eigenvalue weighted by Crippen LogP contribution is -2.56. The molecule has 2 aromatic rings. The summed E-state index contributed by atoms with van der Waals surface area (Å²) in [6, 6.07) is 11.5. The molecular formula is C17H17BrN2O2S. The molecule has 3 rings (SSSR count). The molecule has 4 nitrogen and oxygen atoms in total. The number of hydrogen-bond acceptors (Lipinski definition) is 3. The van der Waals surface area contributed by atoms with Crippen LogP contribution in [-0.2, 0) is 4.79 Å². The molecule has 1 aromatic carbocycles. The Morgan fingerprint density at radius 1 is 1.30 bits per heavy atom. The lowest BCUT2D eigenvalue weighted by atomic mass is 10.1. The summed E-state index contributed by atoms with van der Waals surface area (Å²) >= 11 is 4.89. The first-order chi connectivity index (χ1) is 11.1. The second-order valence-corrected chi connectivity index (χ2v) is 7.38. The third-order valence-corrected chi connectivity index (χ3v) is 5.57. The van der Waals surface area contributed by atoms with Gasteiger partial charge < -0.3 is 10.2 Å². The van der Waals surface area contributed by atoms with Crippen LogP contribution in [0.3, 0.4) is 0 Å². The Balaban J connectivity index is 1.83. The fraction of sp³-hybridized carbons (Fsp3) is 0.294. The number of nitrogens with zero attached hydrogens (tertiary/aromatic N) is 1. The van der Waals surface area contributed by atoms with Crippen molar-refractivity contribution in [2.75, 3.05) is 13.1 Å². The smallest absolute Gasteiger partial charge is 0.264 e. The number of benzene rings is 1. The Morgan fingerprint density at radius 3 is 2.74 bits per heavy atom. The normalized spacial score (nSPS) is 17.9. The van der Waals surface area contributed by atoms with E-state index in [-0.39, 0.29) is 17.9 Å². The number of hydrogen-bond donors (Lipinski definition) is 1. The Kier molecular flexibility index (Phi) is 4.82. The van der Waals surface area contributed by atoms with E-state index >= 15 is 0 Å². The summed E-state index contributed by atoms with van der Waals surface area (Å²) in [7, 11) is 0. The van der Waals surface area contributed by atoms with Crippen molar-refractivity contribution in [3.63, 3.8) is 0 Å². The standard InChI is InChI=1S/C17H17BrN2O2S/c1-2-13-16(21)19-9-10-20(13)17(22)15-8-7-14(23-15)11-3-5-12(18)6-4-11/h3-8,13H,2,9-10H2,1H3,(H,19,21). The van der Waals surface area contributed by atoms with Gasteiger partial charge in [0.1, 0.15) is 6.04 Å². The van der Waals surface area contributed by atoms with Gasteiger partial charge in [-0.2, -0.15) is 0 Å². The number of carbonyl (C=O) groups is 2. The molecule has 1 atom stereocenters. The summed E-state index contributed by atoms with van der Waals surface area (Å²) in [5, 5.41) is 2.82. The minimum atomic E-state index is -0.366. The van der Waals surface area contributed by atoms with Crippen LogP contribution in [0, 0.1) is 0 Å². The van der Waals surface area contributed by atoms with Gasteiger partial charge in [-0.05, 0) is 36.2 Å². The highest BCUT2D eigenvalue weighted by Gasteiger charge is 2.32. The molecule has 2 heterocycles. The zero-order chi connectivity index (χ0) is 16.4. The van der Waals surface area contributed by atoms with Crippen molar-refractivity contribution in [2.45, 2.75) is 19.4 Å². The van der Waals surface area contributed by atoms with Gasteiger partial charge in [0.05, 0.1) is 4.88 Å². The summed E-state index contributed by atoms with van der Waals surface area (Å²) in [6.45, 7) is 3.01. The first-order valence-electron chi connectivity index (χ1n) is 7.54. The van der Waals surface area contributed by atoms with Crippen molar-refractivity contribution in [3.05, 3.63) is 45.7 Å². The predicted octanol–water partition coefficient (Wildman–Crippen LogP) is 3.53. The van der Waals surface area contributed by atoms with Gasteiger partial charge in [-0.3, -0.25) is 9.59 Å². The molecule has 1 aliphatic heterocycles. The van der Waals surface area contributed by atoms with E-state index in [4.69, 9.17) is 0 Å². The summed E-state index contributed by atoms with van der Waals surface area (Å²) in [4.78, 5) is 28.1. The van der Waals surface area contributed by atoms with Gasteiger partial charge >= 0.3 is 0 Å². The zero-order valence-corrected chi connectivity index (χ0v) is 15.1. The second-order valence-electron chi connectivity index (χ2n) is 5.38. The van der Waals surface area contributed by atoms with Crippen molar-refractivity contribution in [1.29, 1.82) is 0 Å². The van der Waals surface area contributed by atoms with Gasteiger partial charge in [0.2, 0.25) is 5.91 Å². The van der Waals surface area contributed by atoms with E-state index in [1.54, 1.807) is 4.90 Å². The van der Waals surface area contributed by atoms with E-state index < -0.39 is 0 Å². The molecule has 2 amide bonds. The van der Waals surface area contributed by atoms with Crippen LogP contribution in [0.4, 0.5) is 0 Å². The van der Waals surface area contributed by atoms with Gasteiger partial charge in [-0.1, -0.05) is 35.0 Å². The highest BCUT2D eigenvalue weighted by atomic mass is 79.9. The third-order valence-electron chi connectivity index (χ3n) is 3.92. The monoisotopic (exact) mass is 392 g/mol. The van der Waals surface area contributed by atoms with Gasteiger partial charge in [0.15, 0.2) is 0 Å². The maximum absolute atomic E-state index is 12.8. The van der Waals surface area contributed by atoms with Gasteiger partial charge in [0.25, 0.3) is 5.91 Å². The van der Waals surface area contributed by atoms with Crippen LogP contribution >= 0.6 is 27.3 Å². The van der Waals surface area contributed by atoms with Crippen molar-refractivity contribution < 1.29 is 9.59 Å². The fourth-order valence-corrected chi connectivity index (χ4v) is 3.96. The molecule has 120 valence electrons. The number of rotatable bonds is 3. The predicted molar refractivity (Wildman–Crippen MR) is 95.6 cm³/mol. The van der Waals surface area contributed by atoms with Crippen molar-refractivity contribution in [3.8, 4) is 10.4 Å². The number of nitrogens with one attached hydrogen (secondary N) is 1. The average molecular weight is 393 g/mol. The van der Waals surface area contributed by atoms with Gasteiger partial charge in [-0.25, -0.2) is 0 Å². The quantitative estimate of drug-likeness (QED) is 0.868. The fourth-order valence-electron chi connectivity index (χ4n) is 2.73. The lowest BCUT2D eigenvalue weighted by molar-refractivity contribution is -0.127. The highest BCUT2D eigenvalue weighted by Crippen LogP contribution is 2.30. The van der Waals surface area contributed by atoms with Crippen LogP contribution in [0.5, 0.6) is 0 Å². The first-order valence-corrected chi connectivity index (χ1v) is 9.15. The molecule has 6 heteroatoms. The average Bonchev–Trinajstić information content (AvgIpc) is 3.04. The largest absolute Gasteiger partial charge is 0.353 e. The maximum atomic E-state index is 12.8. The number of piperazine rings is 1. The number of halogens is 1. The highest BCUT2D eigenvalue weighted by molar-refractivity contribution is 9.10. The lowest BCUT2D eigenvalue weighted by Gasteiger charge is -2.34. The SMILES string of the molecule is CCC1C(=O)NCCN1C(=O)c1ccc(-c2ccc(Br)cc2)s1. The topological polar surface area (TPSA) is 49.4 Å². The van der Waals surface area contributed by atoms with Gasteiger partial charge in [0, 0.05) is 22.4 Å². The van der Waals surface area contributed by atoms with Crippen molar-refractivity contribution in [2.24, 2.45) is 0 Å². The maximum Gasteiger partial charge on any atom is 0.264 e. The molecule has 0 radical (unpaired) electrons. The van der Waals surface area contributed by atoms with Crippen molar-refractivity contribution in [1.82, 2.24) is 10.2 Å². The Morgan fingerprint density at radius 2 is 2.04 bits per heavy atom. The van der Waals surface area contributed by atoms with Crippen LogP contribution in [0.25, 0.3) is 10.4 Å². The Labute approximate surface area is 147 Å². The molecule has 0 spiro atoms. The molecule has 1 aliphatic rings. The molecule has 1 unspecified atom stereocenters. The molecule has 0 bridgehead atoms. The Bertz CT molecular complexity index is 726. The molecule has 1 N–H and O–H groups in total. The molecule has 23 heavy (non-hydrogen) atoms. The molecule has 0 saturated carbocycles. The minimum Gasteiger partial charge on any atom is -0.353 e. The van der Waals surface area contributed by atoms with Gasteiger partial charge in [-0.15, -0.1) is 11.3 Å². The summed E-state index contributed by atoms with van der Waals surface area (Å²) in [6.07, 6.45) is 0.627. The number of amides is 2. The number of carbonyl (C=O) groups excluding carboxylic acids is 2. The van der Waals surface area contributed by atoms with Crippen molar-refractivity contribution >= 4 is 39.1 Å². The first kappa shape index (κ1) is 16.2. The van der Waals surface area contributed by atoms with E-state index in [2.05, 4.69) is 21.2 Å². The zero-order valence-electron chi connectivity index (χ0n) is 12.7. The van der Waals surface area contributed by atoms with Crippen LogP contribution in [0.2, 0.25) is 0 Å². The van der Waals surface area contributed by atoms with E-state index in [0.717, 1.165) is 14.9 Å². The second kappa shape index (κ2) is 6.84. The van der Waals surface area contributed by atoms with Crippen LogP contribution in [0.1, 0.15) is 23.0 Å². The van der Waals surface area contributed by atoms with E-state index in [1.165, 1.54) is 11.3 Å². The molecule has 1 fully saturated rings. The molecule has 1 saturated heterocycles. The Hall–Kier alpha value is -1.66. The summed E-state index contributed by atoms with van der Waals surface area (Å²) < 4.78 is 1.03. The minimum absolute atomic E-state index is 0.0555.